The minimum absolute atomic E-state index is 0.571. The maximum absolute atomic E-state index is 5.60. The molecule has 0 atom stereocenters. The van der Waals surface area contributed by atoms with Crippen LogP contribution in [0.1, 0.15) is 4.88 Å². The average Bonchev–Trinajstić information content (AvgIpc) is 2.52. The Morgan fingerprint density at radius 2 is 2.15 bits per heavy atom. The van der Waals surface area contributed by atoms with E-state index in [0.717, 1.165) is 5.56 Å². The molecule has 0 aliphatic heterocycles. The molecule has 0 unspecified atom stereocenters. The molecule has 0 amide bonds. The van der Waals surface area contributed by atoms with Crippen LogP contribution in [0.3, 0.4) is 0 Å². The van der Waals surface area contributed by atoms with Crippen molar-refractivity contribution >= 4 is 17.2 Å². The molecule has 2 rings (SSSR count). The van der Waals surface area contributed by atoms with Gasteiger partial charge in [0.05, 0.1) is 0 Å². The van der Waals surface area contributed by atoms with Crippen LogP contribution in [0.15, 0.2) is 29.8 Å². The number of rotatable bonds is 1. The van der Waals surface area contributed by atoms with Crippen molar-refractivity contribution < 1.29 is 0 Å². The third kappa shape index (κ3) is 1.70. The molecule has 66 valence electrons. The standard InChI is InChI=1S/C10H10N2S/c1-7-4-9(6-13-7)8-2-3-12-10(11)5-8/h2-6H,1H3,(H2,11,12). The van der Waals surface area contributed by atoms with Crippen LogP contribution < -0.4 is 5.73 Å². The summed E-state index contributed by atoms with van der Waals surface area (Å²) < 4.78 is 0. The van der Waals surface area contributed by atoms with Gasteiger partial charge in [-0.25, -0.2) is 4.98 Å². The second-order valence-electron chi connectivity index (χ2n) is 2.92. The van der Waals surface area contributed by atoms with Crippen molar-refractivity contribution in [1.82, 2.24) is 4.98 Å². The van der Waals surface area contributed by atoms with Crippen LogP contribution in [0.5, 0.6) is 0 Å². The van der Waals surface area contributed by atoms with E-state index in [9.17, 15) is 0 Å². The summed E-state index contributed by atoms with van der Waals surface area (Å²) in [6, 6.07) is 6.01. The lowest BCUT2D eigenvalue weighted by molar-refractivity contribution is 1.34. The molecule has 2 N–H and O–H groups in total. The molecule has 0 aromatic carbocycles. The number of aryl methyl sites for hydroxylation is 1. The van der Waals surface area contributed by atoms with Gasteiger partial charge in [0.15, 0.2) is 0 Å². The predicted octanol–water partition coefficient (Wildman–Crippen LogP) is 2.70. The molecule has 2 aromatic heterocycles. The van der Waals surface area contributed by atoms with Gasteiger partial charge in [0, 0.05) is 11.1 Å². The van der Waals surface area contributed by atoms with Gasteiger partial charge in [0.25, 0.3) is 0 Å². The van der Waals surface area contributed by atoms with Gasteiger partial charge >= 0.3 is 0 Å². The normalized spacial score (nSPS) is 10.2. The van der Waals surface area contributed by atoms with Crippen LogP contribution in [0.2, 0.25) is 0 Å². The van der Waals surface area contributed by atoms with Gasteiger partial charge in [-0.05, 0) is 41.6 Å². The first-order valence-electron chi connectivity index (χ1n) is 4.03. The largest absolute Gasteiger partial charge is 0.384 e. The number of nitrogens with zero attached hydrogens (tertiary/aromatic N) is 1. The van der Waals surface area contributed by atoms with E-state index in [4.69, 9.17) is 5.73 Å². The Bertz CT molecular complexity index is 420. The molecule has 0 radical (unpaired) electrons. The predicted molar refractivity (Wildman–Crippen MR) is 56.7 cm³/mol. The Kier molecular flexibility index (Phi) is 2.02. The van der Waals surface area contributed by atoms with Gasteiger partial charge in [-0.15, -0.1) is 11.3 Å². The average molecular weight is 190 g/mol. The summed E-state index contributed by atoms with van der Waals surface area (Å²) in [5, 5.41) is 2.13. The molecule has 2 heterocycles. The fraction of sp³-hybridized carbons (Fsp3) is 0.100. The minimum atomic E-state index is 0.571. The Morgan fingerprint density at radius 1 is 1.31 bits per heavy atom. The van der Waals surface area contributed by atoms with E-state index in [1.165, 1.54) is 10.4 Å². The fourth-order valence-corrected chi connectivity index (χ4v) is 1.93. The Balaban J connectivity index is 2.46. The van der Waals surface area contributed by atoms with Crippen molar-refractivity contribution in [2.75, 3.05) is 5.73 Å². The third-order valence-corrected chi connectivity index (χ3v) is 2.71. The number of hydrogen-bond acceptors (Lipinski definition) is 3. The first-order valence-corrected chi connectivity index (χ1v) is 4.91. The number of nitrogens with two attached hydrogens (primary N) is 1. The number of aromatic nitrogens is 1. The fourth-order valence-electron chi connectivity index (χ4n) is 1.22. The van der Waals surface area contributed by atoms with Gasteiger partial charge in [0.1, 0.15) is 5.82 Å². The van der Waals surface area contributed by atoms with Crippen molar-refractivity contribution in [3.05, 3.63) is 34.7 Å². The summed E-state index contributed by atoms with van der Waals surface area (Å²) in [6.45, 7) is 2.10. The highest BCUT2D eigenvalue weighted by molar-refractivity contribution is 7.10. The number of anilines is 1. The maximum atomic E-state index is 5.60. The molecule has 3 heteroatoms. The van der Waals surface area contributed by atoms with Gasteiger partial charge < -0.3 is 5.73 Å². The lowest BCUT2D eigenvalue weighted by atomic mass is 10.1. The second-order valence-corrected chi connectivity index (χ2v) is 4.03. The van der Waals surface area contributed by atoms with E-state index < -0.39 is 0 Å². The lowest BCUT2D eigenvalue weighted by Crippen LogP contribution is -1.88. The van der Waals surface area contributed by atoms with Gasteiger partial charge in [-0.2, -0.15) is 0 Å². The maximum Gasteiger partial charge on any atom is 0.123 e. The third-order valence-electron chi connectivity index (χ3n) is 1.84. The highest BCUT2D eigenvalue weighted by Crippen LogP contribution is 2.25. The Morgan fingerprint density at radius 3 is 2.77 bits per heavy atom. The van der Waals surface area contributed by atoms with E-state index >= 15 is 0 Å². The van der Waals surface area contributed by atoms with Crippen molar-refractivity contribution in [1.29, 1.82) is 0 Å². The van der Waals surface area contributed by atoms with Gasteiger partial charge in [-0.3, -0.25) is 0 Å². The molecule has 0 bridgehead atoms. The SMILES string of the molecule is Cc1cc(-c2ccnc(N)c2)cs1. The summed E-state index contributed by atoms with van der Waals surface area (Å²) in [6.07, 6.45) is 1.73. The Labute approximate surface area is 81.1 Å². The van der Waals surface area contributed by atoms with E-state index in [1.807, 2.05) is 12.1 Å². The summed E-state index contributed by atoms with van der Waals surface area (Å²) in [5.41, 5.74) is 7.95. The Hall–Kier alpha value is -1.35. The quantitative estimate of drug-likeness (QED) is 0.751. The lowest BCUT2D eigenvalue weighted by Gasteiger charge is -1.97. The summed E-state index contributed by atoms with van der Waals surface area (Å²) in [5.74, 6) is 0.571. The zero-order valence-electron chi connectivity index (χ0n) is 7.32. The monoisotopic (exact) mass is 190 g/mol. The van der Waals surface area contributed by atoms with E-state index in [0.29, 0.717) is 5.82 Å². The van der Waals surface area contributed by atoms with Crippen LogP contribution in [0.25, 0.3) is 11.1 Å². The van der Waals surface area contributed by atoms with Crippen molar-refractivity contribution in [2.45, 2.75) is 6.92 Å². The molecule has 0 fully saturated rings. The zero-order valence-corrected chi connectivity index (χ0v) is 8.14. The van der Waals surface area contributed by atoms with Gasteiger partial charge in [-0.1, -0.05) is 0 Å². The molecule has 0 aliphatic rings. The first-order chi connectivity index (χ1) is 6.25. The molecule has 2 aromatic rings. The van der Waals surface area contributed by atoms with Crippen molar-refractivity contribution in [3.8, 4) is 11.1 Å². The number of pyridine rings is 1. The highest BCUT2D eigenvalue weighted by atomic mass is 32.1. The van der Waals surface area contributed by atoms with Crippen LogP contribution in [0.4, 0.5) is 5.82 Å². The molecule has 2 nitrogen and oxygen atoms in total. The van der Waals surface area contributed by atoms with Crippen LogP contribution in [-0.4, -0.2) is 4.98 Å². The van der Waals surface area contributed by atoms with E-state index in [2.05, 4.69) is 23.4 Å². The minimum Gasteiger partial charge on any atom is -0.384 e. The molecule has 13 heavy (non-hydrogen) atoms. The number of thiophene rings is 1. The smallest absolute Gasteiger partial charge is 0.123 e. The van der Waals surface area contributed by atoms with Gasteiger partial charge in [0.2, 0.25) is 0 Å². The summed E-state index contributed by atoms with van der Waals surface area (Å²) >= 11 is 1.74. The van der Waals surface area contributed by atoms with Crippen LogP contribution >= 0.6 is 11.3 Å². The van der Waals surface area contributed by atoms with Crippen LogP contribution in [0, 0.1) is 6.92 Å². The summed E-state index contributed by atoms with van der Waals surface area (Å²) in [4.78, 5) is 5.26. The van der Waals surface area contributed by atoms with Crippen LogP contribution in [-0.2, 0) is 0 Å². The topological polar surface area (TPSA) is 38.9 Å². The molecule has 0 spiro atoms. The molecule has 0 saturated carbocycles. The van der Waals surface area contributed by atoms with E-state index in [-0.39, 0.29) is 0 Å². The highest BCUT2D eigenvalue weighted by Gasteiger charge is 1.99. The number of hydrogen-bond donors (Lipinski definition) is 1. The molecule has 0 saturated heterocycles. The second kappa shape index (κ2) is 3.18. The summed E-state index contributed by atoms with van der Waals surface area (Å²) in [7, 11) is 0. The molecular weight excluding hydrogens is 180 g/mol. The van der Waals surface area contributed by atoms with Crippen molar-refractivity contribution in [3.63, 3.8) is 0 Å². The molecule has 0 aliphatic carbocycles. The van der Waals surface area contributed by atoms with E-state index in [1.54, 1.807) is 17.5 Å². The molecular formula is C10H10N2S. The zero-order chi connectivity index (χ0) is 9.26. The van der Waals surface area contributed by atoms with Crippen molar-refractivity contribution in [2.24, 2.45) is 0 Å². The number of nitrogen functional groups attached to an aromatic ring is 1. The first kappa shape index (κ1) is 8.26.